The van der Waals surface area contributed by atoms with Gasteiger partial charge in [0.2, 0.25) is 5.95 Å². The third-order valence-electron chi connectivity index (χ3n) is 4.81. The number of H-pyrrole nitrogens is 1. The molecule has 35 heavy (non-hydrogen) atoms. The normalized spacial score (nSPS) is 15.7. The summed E-state index contributed by atoms with van der Waals surface area (Å²) in [4.78, 5) is 53.4. The predicted molar refractivity (Wildman–Crippen MR) is 124 cm³/mol. The Morgan fingerprint density at radius 3 is 2.71 bits per heavy atom. The van der Waals surface area contributed by atoms with Crippen molar-refractivity contribution >= 4 is 35.5 Å². The van der Waals surface area contributed by atoms with Gasteiger partial charge in [0.1, 0.15) is 30.6 Å². The van der Waals surface area contributed by atoms with E-state index in [9.17, 15) is 19.5 Å². The second-order valence-corrected chi connectivity index (χ2v) is 9.39. The molecule has 2 aromatic heterocycles. The number of aliphatic hydroxyl groups excluding tert-OH is 1. The molecular weight excluding hydrogens is 462 g/mol. The van der Waals surface area contributed by atoms with Crippen LogP contribution in [0.3, 0.4) is 0 Å². The van der Waals surface area contributed by atoms with Crippen LogP contribution < -0.4 is 10.9 Å². The summed E-state index contributed by atoms with van der Waals surface area (Å²) in [7, 11) is 3.55. The number of nitrogens with zero attached hydrogens (tertiary/aromatic N) is 5. The van der Waals surface area contributed by atoms with Gasteiger partial charge in [0.25, 0.3) is 5.56 Å². The number of aromatic nitrogens is 4. The zero-order valence-corrected chi connectivity index (χ0v) is 20.4. The third-order valence-corrected chi connectivity index (χ3v) is 4.81. The molecule has 0 aromatic carbocycles. The molecule has 1 aliphatic carbocycles. The van der Waals surface area contributed by atoms with E-state index in [0.717, 1.165) is 0 Å². The van der Waals surface area contributed by atoms with Crippen molar-refractivity contribution in [1.29, 1.82) is 0 Å². The highest BCUT2D eigenvalue weighted by Crippen LogP contribution is 2.37. The number of nitrogens with one attached hydrogen (secondary N) is 2. The molecule has 14 heteroatoms. The molecule has 1 saturated carbocycles. The van der Waals surface area contributed by atoms with Gasteiger partial charge in [-0.05, 0) is 33.6 Å². The Morgan fingerprint density at radius 2 is 2.11 bits per heavy atom. The Kier molecular flexibility index (Phi) is 7.75. The molecule has 0 aliphatic heterocycles. The van der Waals surface area contributed by atoms with E-state index in [-0.39, 0.29) is 30.4 Å². The summed E-state index contributed by atoms with van der Waals surface area (Å²) < 4.78 is 17.6. The summed E-state index contributed by atoms with van der Waals surface area (Å²) in [5.41, 5.74) is -1.94. The number of hydrogen-bond acceptors (Lipinski definition) is 10. The van der Waals surface area contributed by atoms with E-state index in [2.05, 4.69) is 25.3 Å². The molecule has 0 saturated heterocycles. The van der Waals surface area contributed by atoms with Gasteiger partial charge >= 0.3 is 12.1 Å². The van der Waals surface area contributed by atoms with Crippen LogP contribution >= 0.6 is 0 Å². The van der Waals surface area contributed by atoms with Crippen molar-refractivity contribution in [2.24, 2.45) is 4.99 Å². The number of hydrogen-bond donors (Lipinski definition) is 3. The van der Waals surface area contributed by atoms with Crippen LogP contribution in [0.5, 0.6) is 0 Å². The van der Waals surface area contributed by atoms with Crippen molar-refractivity contribution in [1.82, 2.24) is 29.7 Å². The van der Waals surface area contributed by atoms with Gasteiger partial charge in [-0.2, -0.15) is 4.98 Å². The molecule has 1 aliphatic rings. The van der Waals surface area contributed by atoms with Gasteiger partial charge in [0, 0.05) is 14.1 Å². The number of aliphatic hydroxyl groups is 1. The quantitative estimate of drug-likeness (QED) is 0.237. The SMILES string of the molecule is CN(C)/C=N/c1nc2c(ncn2COC(CO)COC(=O)C2(NC(=O)OC(C)(C)C)CC2)c(=O)[nH]1. The third kappa shape index (κ3) is 6.99. The summed E-state index contributed by atoms with van der Waals surface area (Å²) in [6.45, 7) is 4.38. The number of alkyl carbamates (subject to hydrolysis) is 1. The van der Waals surface area contributed by atoms with Crippen LogP contribution in [0.15, 0.2) is 16.1 Å². The number of aromatic amines is 1. The largest absolute Gasteiger partial charge is 0.461 e. The van der Waals surface area contributed by atoms with Gasteiger partial charge < -0.3 is 29.5 Å². The predicted octanol–water partition coefficient (Wildman–Crippen LogP) is 0.277. The van der Waals surface area contributed by atoms with Crippen LogP contribution in [0.1, 0.15) is 33.6 Å². The van der Waals surface area contributed by atoms with Crippen molar-refractivity contribution in [3.8, 4) is 0 Å². The zero-order valence-electron chi connectivity index (χ0n) is 20.4. The Balaban J connectivity index is 1.58. The van der Waals surface area contributed by atoms with Crippen molar-refractivity contribution in [2.75, 3.05) is 27.3 Å². The molecule has 0 bridgehead atoms. The first-order valence-corrected chi connectivity index (χ1v) is 11.0. The minimum atomic E-state index is -1.13. The van der Waals surface area contributed by atoms with E-state index in [1.165, 1.54) is 17.2 Å². The van der Waals surface area contributed by atoms with Crippen LogP contribution in [-0.2, 0) is 25.7 Å². The highest BCUT2D eigenvalue weighted by Gasteiger charge is 2.53. The molecule has 2 aromatic rings. The van der Waals surface area contributed by atoms with Gasteiger partial charge in [-0.3, -0.25) is 14.3 Å². The van der Waals surface area contributed by atoms with Crippen molar-refractivity contribution in [3.05, 3.63) is 16.7 Å². The number of carbonyl (C=O) groups is 2. The maximum absolute atomic E-state index is 12.5. The summed E-state index contributed by atoms with van der Waals surface area (Å²) in [6, 6.07) is 0. The maximum Gasteiger partial charge on any atom is 0.408 e. The molecule has 14 nitrogen and oxygen atoms in total. The van der Waals surface area contributed by atoms with E-state index in [1.807, 2.05) is 0 Å². The van der Waals surface area contributed by atoms with E-state index in [1.54, 1.807) is 39.8 Å². The minimum Gasteiger partial charge on any atom is -0.461 e. The number of rotatable bonds is 10. The van der Waals surface area contributed by atoms with Gasteiger partial charge in [-0.1, -0.05) is 0 Å². The molecule has 1 amide bonds. The minimum absolute atomic E-state index is 0.0952. The fraction of sp³-hybridized carbons (Fsp3) is 0.619. The molecule has 3 rings (SSSR count). The number of aliphatic imine (C=N–C) groups is 1. The number of esters is 1. The lowest BCUT2D eigenvalue weighted by Crippen LogP contribution is -2.47. The lowest BCUT2D eigenvalue weighted by atomic mass is 10.2. The van der Waals surface area contributed by atoms with E-state index in [4.69, 9.17) is 14.2 Å². The second kappa shape index (κ2) is 10.4. The molecule has 3 N–H and O–H groups in total. The smallest absolute Gasteiger partial charge is 0.408 e. The number of ether oxygens (including phenoxy) is 3. The van der Waals surface area contributed by atoms with Crippen LogP contribution in [0.4, 0.5) is 10.7 Å². The Morgan fingerprint density at radius 1 is 1.40 bits per heavy atom. The Labute approximate surface area is 201 Å². The van der Waals surface area contributed by atoms with Gasteiger partial charge in [-0.25, -0.2) is 19.6 Å². The lowest BCUT2D eigenvalue weighted by molar-refractivity contribution is -0.154. The van der Waals surface area contributed by atoms with E-state index < -0.39 is 41.5 Å². The summed E-state index contributed by atoms with van der Waals surface area (Å²) in [6.07, 6.45) is 2.15. The van der Waals surface area contributed by atoms with Crippen LogP contribution in [0, 0.1) is 0 Å². The topological polar surface area (TPSA) is 173 Å². The number of imidazole rings is 1. The van der Waals surface area contributed by atoms with Gasteiger partial charge in [-0.15, -0.1) is 0 Å². The van der Waals surface area contributed by atoms with Crippen LogP contribution in [0.2, 0.25) is 0 Å². The molecule has 1 atom stereocenters. The standard InChI is InChI=1S/C21H31N7O7/c1-20(2,3)35-19(32)26-21(6-7-21)17(31)33-9-13(8-29)34-12-28-11-22-14-15(28)24-18(25-16(14)30)23-10-27(4)5/h10-11,13,29H,6-9,12H2,1-5H3,(H,26,32)(H,24,25,30)/b23-10+. The fourth-order valence-corrected chi connectivity index (χ4v) is 2.92. The molecule has 2 heterocycles. The fourth-order valence-electron chi connectivity index (χ4n) is 2.92. The van der Waals surface area contributed by atoms with E-state index in [0.29, 0.717) is 12.8 Å². The number of fused-ring (bicyclic) bond motifs is 1. The summed E-state index contributed by atoms with van der Waals surface area (Å²) in [5, 5.41) is 12.2. The lowest BCUT2D eigenvalue weighted by Gasteiger charge is -2.23. The van der Waals surface area contributed by atoms with Crippen LogP contribution in [-0.4, -0.2) is 92.5 Å². The van der Waals surface area contributed by atoms with E-state index >= 15 is 0 Å². The molecule has 192 valence electrons. The molecular formula is C21H31N7O7. The number of amides is 1. The molecule has 1 fully saturated rings. The first-order chi connectivity index (χ1) is 16.4. The molecule has 0 radical (unpaired) electrons. The first-order valence-electron chi connectivity index (χ1n) is 11.0. The second-order valence-electron chi connectivity index (χ2n) is 9.39. The molecule has 1 unspecified atom stereocenters. The monoisotopic (exact) mass is 493 g/mol. The molecule has 0 spiro atoms. The first kappa shape index (κ1) is 26.1. The Bertz CT molecular complexity index is 1150. The average molecular weight is 494 g/mol. The average Bonchev–Trinajstić information content (AvgIpc) is 3.42. The van der Waals surface area contributed by atoms with Gasteiger partial charge in [0.15, 0.2) is 11.2 Å². The van der Waals surface area contributed by atoms with Gasteiger partial charge in [0.05, 0.1) is 19.3 Å². The van der Waals surface area contributed by atoms with Crippen molar-refractivity contribution < 1.29 is 28.9 Å². The maximum atomic E-state index is 12.5. The highest BCUT2D eigenvalue weighted by atomic mass is 16.6. The van der Waals surface area contributed by atoms with Crippen molar-refractivity contribution in [2.45, 2.75) is 57.6 Å². The van der Waals surface area contributed by atoms with Crippen LogP contribution in [0.25, 0.3) is 11.2 Å². The summed E-state index contributed by atoms with van der Waals surface area (Å²) in [5.74, 6) is -0.534. The Hall–Kier alpha value is -3.52. The summed E-state index contributed by atoms with van der Waals surface area (Å²) >= 11 is 0. The van der Waals surface area contributed by atoms with Crippen molar-refractivity contribution in [3.63, 3.8) is 0 Å². The number of carbonyl (C=O) groups excluding carboxylic acids is 2. The highest BCUT2D eigenvalue weighted by molar-refractivity contribution is 5.88. The zero-order chi connectivity index (χ0) is 25.8.